The van der Waals surface area contributed by atoms with E-state index in [1.807, 2.05) is 12.1 Å². The number of hydrogen-bond acceptors (Lipinski definition) is 7. The van der Waals surface area contributed by atoms with E-state index in [0.29, 0.717) is 11.5 Å². The van der Waals surface area contributed by atoms with Crippen molar-refractivity contribution in [3.8, 4) is 11.5 Å². The minimum absolute atomic E-state index is 0.0871. The van der Waals surface area contributed by atoms with E-state index >= 15 is 0 Å². The Hall–Kier alpha value is -1.53. The molecule has 2 amide bonds. The third-order valence-corrected chi connectivity index (χ3v) is 13.5. The molecule has 1 aromatic rings. The number of rotatable bonds is 10. The molecule has 0 aliphatic rings. The maximum Gasteiger partial charge on any atom is 0.419 e. The number of ether oxygens (including phenoxy) is 4. The molecule has 0 aliphatic heterocycles. The average molecular weight is 680 g/mol. The van der Waals surface area contributed by atoms with Gasteiger partial charge in [-0.3, -0.25) is 0 Å². The van der Waals surface area contributed by atoms with Gasteiger partial charge in [-0.1, -0.05) is 41.5 Å². The standard InChI is InChI=1S/C29H50INO7Si/c1-18(2)39(19(3)4,20(5)6)38-25(21-15-23(34-13)24(35-14)16-22(21)30)17-31(26(32)36-28(7,8)9)27(33)37-29(10,11)12/h15-16,18-20,25H,17H2,1-14H3/t25-/m1/s1. The summed E-state index contributed by atoms with van der Waals surface area (Å²) >= 11 is 2.24. The molecular weight excluding hydrogens is 629 g/mol. The van der Waals surface area contributed by atoms with Crippen molar-refractivity contribution >= 4 is 43.1 Å². The number of hydrogen-bond donors (Lipinski definition) is 0. The summed E-state index contributed by atoms with van der Waals surface area (Å²) in [6.07, 6.45) is -2.23. The van der Waals surface area contributed by atoms with E-state index in [1.54, 1.807) is 55.8 Å². The van der Waals surface area contributed by atoms with E-state index in [9.17, 15) is 9.59 Å². The first-order valence-corrected chi connectivity index (χ1v) is 16.7. The number of methoxy groups -OCH3 is 2. The van der Waals surface area contributed by atoms with E-state index in [0.717, 1.165) is 14.0 Å². The van der Waals surface area contributed by atoms with Gasteiger partial charge in [0, 0.05) is 3.57 Å². The van der Waals surface area contributed by atoms with E-state index in [4.69, 9.17) is 23.4 Å². The first kappa shape index (κ1) is 35.5. The SMILES string of the molecule is COc1cc(I)c([C@@H](CN(C(=O)OC(C)(C)C)C(=O)OC(C)(C)C)O[Si](C(C)C)(C(C)C)C(C)C)cc1OC. The van der Waals surface area contributed by atoms with Gasteiger partial charge in [0.1, 0.15) is 11.2 Å². The molecule has 0 unspecified atom stereocenters. The van der Waals surface area contributed by atoms with E-state index < -0.39 is 37.8 Å². The van der Waals surface area contributed by atoms with E-state index in [-0.39, 0.29) is 23.2 Å². The Morgan fingerprint density at radius 3 is 1.51 bits per heavy atom. The molecule has 0 spiro atoms. The molecule has 8 nitrogen and oxygen atoms in total. The van der Waals surface area contributed by atoms with Crippen molar-refractivity contribution < 1.29 is 33.0 Å². The lowest BCUT2D eigenvalue weighted by molar-refractivity contribution is -0.00698. The zero-order chi connectivity index (χ0) is 30.5. The Morgan fingerprint density at radius 1 is 0.795 bits per heavy atom. The number of carbonyl (C=O) groups excluding carboxylic acids is 2. The zero-order valence-electron chi connectivity index (χ0n) is 26.4. The molecule has 0 aromatic heterocycles. The van der Waals surface area contributed by atoms with Gasteiger partial charge in [-0.15, -0.1) is 0 Å². The Morgan fingerprint density at radius 2 is 1.18 bits per heavy atom. The zero-order valence-corrected chi connectivity index (χ0v) is 29.5. The summed E-state index contributed by atoms with van der Waals surface area (Å²) in [4.78, 5) is 27.9. The summed E-state index contributed by atoms with van der Waals surface area (Å²) in [5.41, 5.74) is -0.00248. The van der Waals surface area contributed by atoms with Crippen molar-refractivity contribution in [1.29, 1.82) is 0 Å². The van der Waals surface area contributed by atoms with E-state index in [1.165, 1.54) is 0 Å². The first-order chi connectivity index (χ1) is 17.7. The van der Waals surface area contributed by atoms with Crippen LogP contribution in [0, 0.1) is 3.57 Å². The number of nitrogens with zero attached hydrogens (tertiary/aromatic N) is 1. The molecule has 39 heavy (non-hydrogen) atoms. The van der Waals surface area contributed by atoms with Gasteiger partial charge in [0.25, 0.3) is 0 Å². The first-order valence-electron chi connectivity index (χ1n) is 13.5. The Balaban J connectivity index is 3.86. The lowest BCUT2D eigenvalue weighted by Gasteiger charge is -2.45. The molecule has 0 saturated heterocycles. The highest BCUT2D eigenvalue weighted by Gasteiger charge is 2.48. The molecule has 224 valence electrons. The quantitative estimate of drug-likeness (QED) is 0.181. The second-order valence-corrected chi connectivity index (χ2v) is 19.3. The second-order valence-electron chi connectivity index (χ2n) is 12.7. The van der Waals surface area contributed by atoms with Gasteiger partial charge in [0.05, 0.1) is 26.9 Å². The summed E-state index contributed by atoms with van der Waals surface area (Å²) in [5, 5.41) is 0. The maximum absolute atomic E-state index is 13.4. The van der Waals surface area contributed by atoms with Gasteiger partial charge >= 0.3 is 12.2 Å². The second kappa shape index (κ2) is 13.9. The highest BCUT2D eigenvalue weighted by Crippen LogP contribution is 2.46. The molecule has 1 aromatic carbocycles. The normalized spacial score (nSPS) is 13.5. The summed E-state index contributed by atoms with van der Waals surface area (Å²) in [5.74, 6) is 1.12. The molecule has 0 heterocycles. The molecule has 0 aliphatic carbocycles. The van der Waals surface area contributed by atoms with Crippen molar-refractivity contribution in [2.24, 2.45) is 0 Å². The molecule has 0 N–H and O–H groups in total. The fraction of sp³-hybridized carbons (Fsp3) is 0.724. The molecule has 0 fully saturated rings. The van der Waals surface area contributed by atoms with Crippen LogP contribution >= 0.6 is 22.6 Å². The Labute approximate surface area is 250 Å². The van der Waals surface area contributed by atoms with Crippen molar-refractivity contribution in [3.05, 3.63) is 21.3 Å². The van der Waals surface area contributed by atoms with Crippen LogP contribution in [0.15, 0.2) is 12.1 Å². The van der Waals surface area contributed by atoms with Crippen LogP contribution in [0.5, 0.6) is 11.5 Å². The van der Waals surface area contributed by atoms with Gasteiger partial charge in [-0.2, -0.15) is 0 Å². The molecular formula is C29H50INO7Si. The molecule has 1 rings (SSSR count). The molecule has 10 heteroatoms. The molecule has 1 atom stereocenters. The number of imide groups is 1. The highest BCUT2D eigenvalue weighted by molar-refractivity contribution is 14.1. The Bertz CT molecular complexity index is 933. The number of halogens is 1. The molecule has 0 bridgehead atoms. The lowest BCUT2D eigenvalue weighted by Crippen LogP contribution is -2.51. The maximum atomic E-state index is 13.4. The number of carbonyl (C=O) groups is 2. The van der Waals surface area contributed by atoms with Crippen LogP contribution in [-0.2, 0) is 13.9 Å². The van der Waals surface area contributed by atoms with Crippen LogP contribution < -0.4 is 9.47 Å². The fourth-order valence-electron chi connectivity index (χ4n) is 4.99. The van der Waals surface area contributed by atoms with Crippen LogP contribution in [0.25, 0.3) is 0 Å². The van der Waals surface area contributed by atoms with Crippen molar-refractivity contribution in [1.82, 2.24) is 4.90 Å². The number of benzene rings is 1. The van der Waals surface area contributed by atoms with Crippen LogP contribution in [0.2, 0.25) is 16.6 Å². The average Bonchev–Trinajstić information content (AvgIpc) is 2.75. The lowest BCUT2D eigenvalue weighted by atomic mass is 10.1. The predicted octanol–water partition coefficient (Wildman–Crippen LogP) is 8.71. The summed E-state index contributed by atoms with van der Waals surface area (Å²) in [6, 6.07) is 3.74. The summed E-state index contributed by atoms with van der Waals surface area (Å²) < 4.78 is 30.5. The highest BCUT2D eigenvalue weighted by atomic mass is 127. The Kier molecular flexibility index (Phi) is 12.6. The molecule has 0 radical (unpaired) electrons. The predicted molar refractivity (Wildman–Crippen MR) is 166 cm³/mol. The van der Waals surface area contributed by atoms with Gasteiger partial charge in [0.15, 0.2) is 11.5 Å². The van der Waals surface area contributed by atoms with Gasteiger partial charge in [-0.25, -0.2) is 14.5 Å². The minimum Gasteiger partial charge on any atom is -0.493 e. The van der Waals surface area contributed by atoms with Gasteiger partial charge in [0.2, 0.25) is 8.32 Å². The summed E-state index contributed by atoms with van der Waals surface area (Å²) in [7, 11) is 0.681. The van der Waals surface area contributed by atoms with Crippen molar-refractivity contribution in [2.45, 2.75) is 117 Å². The topological polar surface area (TPSA) is 83.5 Å². The van der Waals surface area contributed by atoms with Gasteiger partial charge < -0.3 is 23.4 Å². The smallest absolute Gasteiger partial charge is 0.419 e. The molecule has 0 saturated carbocycles. The van der Waals surface area contributed by atoms with E-state index in [2.05, 4.69) is 64.1 Å². The van der Waals surface area contributed by atoms with Crippen LogP contribution in [0.4, 0.5) is 9.59 Å². The summed E-state index contributed by atoms with van der Waals surface area (Å²) in [6.45, 7) is 23.7. The van der Waals surface area contributed by atoms with Crippen LogP contribution in [-0.4, -0.2) is 57.4 Å². The monoisotopic (exact) mass is 679 g/mol. The fourth-order valence-corrected chi connectivity index (χ4v) is 11.3. The van der Waals surface area contributed by atoms with Crippen molar-refractivity contribution in [3.63, 3.8) is 0 Å². The number of amides is 2. The third-order valence-electron chi connectivity index (χ3n) is 6.48. The van der Waals surface area contributed by atoms with Crippen LogP contribution in [0.1, 0.15) is 94.8 Å². The van der Waals surface area contributed by atoms with Crippen molar-refractivity contribution in [2.75, 3.05) is 20.8 Å². The minimum atomic E-state index is -2.48. The third kappa shape index (κ3) is 9.52. The van der Waals surface area contributed by atoms with Crippen LogP contribution in [0.3, 0.4) is 0 Å². The largest absolute Gasteiger partial charge is 0.493 e. The van der Waals surface area contributed by atoms with Gasteiger partial charge in [-0.05, 0) is 98.5 Å².